The van der Waals surface area contributed by atoms with Gasteiger partial charge in [-0.1, -0.05) is 30.3 Å². The zero-order valence-corrected chi connectivity index (χ0v) is 12.0. The van der Waals surface area contributed by atoms with E-state index in [0.29, 0.717) is 5.56 Å². The fraction of sp³-hybridized carbons (Fsp3) is 0.125. The van der Waals surface area contributed by atoms with Crippen LogP contribution in [0.1, 0.15) is 28.9 Å². The summed E-state index contributed by atoms with van der Waals surface area (Å²) in [7, 11) is 0. The number of aromatic nitrogens is 4. The molecule has 0 amide bonds. The van der Waals surface area contributed by atoms with Crippen LogP contribution in [0.3, 0.4) is 0 Å². The highest BCUT2D eigenvalue weighted by atomic mass is 16.5. The van der Waals surface area contributed by atoms with Gasteiger partial charge in [-0.3, -0.25) is 0 Å². The van der Waals surface area contributed by atoms with E-state index in [-0.39, 0.29) is 12.1 Å². The lowest BCUT2D eigenvalue weighted by Crippen LogP contribution is -2.09. The summed E-state index contributed by atoms with van der Waals surface area (Å²) in [5.41, 5.74) is 2.22. The van der Waals surface area contributed by atoms with Gasteiger partial charge in [0.1, 0.15) is 12.4 Å². The molecule has 0 spiro atoms. The van der Waals surface area contributed by atoms with Gasteiger partial charge in [-0.15, -0.1) is 5.10 Å². The molecule has 22 heavy (non-hydrogen) atoms. The van der Waals surface area contributed by atoms with Gasteiger partial charge in [0.05, 0.1) is 11.3 Å². The standard InChI is InChI=1S/C16H14N4O2/c1-12(13-5-3-2-4-6-13)22-16(21)14-7-9-15(10-8-14)20-11-17-18-19-20/h2-12H,1H3/t12-/m0/s1. The van der Waals surface area contributed by atoms with Crippen molar-refractivity contribution in [3.05, 3.63) is 72.1 Å². The van der Waals surface area contributed by atoms with Gasteiger partial charge in [0.2, 0.25) is 0 Å². The Bertz CT molecular complexity index is 740. The third kappa shape index (κ3) is 3.01. The van der Waals surface area contributed by atoms with E-state index >= 15 is 0 Å². The molecule has 110 valence electrons. The zero-order chi connectivity index (χ0) is 15.4. The van der Waals surface area contributed by atoms with Crippen molar-refractivity contribution in [2.75, 3.05) is 0 Å². The van der Waals surface area contributed by atoms with E-state index in [2.05, 4.69) is 15.5 Å². The molecule has 0 aliphatic heterocycles. The number of esters is 1. The zero-order valence-electron chi connectivity index (χ0n) is 12.0. The Kier molecular flexibility index (Phi) is 3.91. The smallest absolute Gasteiger partial charge is 0.338 e. The van der Waals surface area contributed by atoms with Crippen LogP contribution < -0.4 is 0 Å². The first-order valence-electron chi connectivity index (χ1n) is 6.83. The maximum absolute atomic E-state index is 12.2. The van der Waals surface area contributed by atoms with Gasteiger partial charge in [0.25, 0.3) is 0 Å². The molecule has 3 aromatic rings. The molecule has 2 aromatic carbocycles. The Morgan fingerprint density at radius 1 is 1.09 bits per heavy atom. The maximum atomic E-state index is 12.2. The van der Waals surface area contributed by atoms with Crippen molar-refractivity contribution in [2.24, 2.45) is 0 Å². The highest BCUT2D eigenvalue weighted by Gasteiger charge is 2.13. The number of hydrogen-bond donors (Lipinski definition) is 0. The summed E-state index contributed by atoms with van der Waals surface area (Å²) in [5.74, 6) is -0.361. The highest BCUT2D eigenvalue weighted by Crippen LogP contribution is 2.18. The lowest BCUT2D eigenvalue weighted by atomic mass is 10.1. The Hall–Kier alpha value is -3.02. The van der Waals surface area contributed by atoms with Crippen LogP contribution in [0.5, 0.6) is 0 Å². The molecule has 0 saturated carbocycles. The second-order valence-electron chi connectivity index (χ2n) is 4.76. The van der Waals surface area contributed by atoms with Gasteiger partial charge < -0.3 is 4.74 Å². The molecule has 1 atom stereocenters. The molecule has 0 bridgehead atoms. The number of carbonyl (C=O) groups excluding carboxylic acids is 1. The topological polar surface area (TPSA) is 69.9 Å². The number of ether oxygens (including phenoxy) is 1. The number of rotatable bonds is 4. The van der Waals surface area contributed by atoms with Crippen LogP contribution in [0.25, 0.3) is 5.69 Å². The minimum atomic E-state index is -0.361. The second kappa shape index (κ2) is 6.17. The molecular weight excluding hydrogens is 280 g/mol. The van der Waals surface area contributed by atoms with Crippen molar-refractivity contribution < 1.29 is 9.53 Å². The van der Waals surface area contributed by atoms with E-state index in [1.165, 1.54) is 11.0 Å². The van der Waals surface area contributed by atoms with Crippen LogP contribution in [0, 0.1) is 0 Å². The molecule has 6 heteroatoms. The average Bonchev–Trinajstić information content (AvgIpc) is 3.10. The molecule has 0 aliphatic rings. The predicted octanol–water partition coefficient (Wildman–Crippen LogP) is 2.58. The number of hydrogen-bond acceptors (Lipinski definition) is 5. The molecule has 0 aliphatic carbocycles. The predicted molar refractivity (Wildman–Crippen MR) is 79.4 cm³/mol. The number of tetrazole rings is 1. The minimum Gasteiger partial charge on any atom is -0.454 e. The first-order valence-corrected chi connectivity index (χ1v) is 6.83. The fourth-order valence-electron chi connectivity index (χ4n) is 2.05. The van der Waals surface area contributed by atoms with Crippen LogP contribution in [0.2, 0.25) is 0 Å². The molecule has 0 fully saturated rings. The van der Waals surface area contributed by atoms with Gasteiger partial charge in [-0.25, -0.2) is 9.48 Å². The van der Waals surface area contributed by atoms with Crippen molar-refractivity contribution in [3.8, 4) is 5.69 Å². The van der Waals surface area contributed by atoms with E-state index in [1.807, 2.05) is 37.3 Å². The van der Waals surface area contributed by atoms with E-state index in [1.54, 1.807) is 24.3 Å². The van der Waals surface area contributed by atoms with E-state index < -0.39 is 0 Å². The van der Waals surface area contributed by atoms with Crippen molar-refractivity contribution >= 4 is 5.97 Å². The molecule has 3 rings (SSSR count). The minimum absolute atomic E-state index is 0.298. The number of nitrogens with zero attached hydrogens (tertiary/aromatic N) is 4. The SMILES string of the molecule is C[C@H](OC(=O)c1ccc(-n2cnnn2)cc1)c1ccccc1. The maximum Gasteiger partial charge on any atom is 0.338 e. The molecular formula is C16H14N4O2. The number of benzene rings is 2. The summed E-state index contributed by atoms with van der Waals surface area (Å²) in [6.45, 7) is 1.85. The normalized spacial score (nSPS) is 11.9. The Morgan fingerprint density at radius 3 is 2.45 bits per heavy atom. The van der Waals surface area contributed by atoms with Gasteiger partial charge >= 0.3 is 5.97 Å². The van der Waals surface area contributed by atoms with Crippen LogP contribution in [-0.2, 0) is 4.74 Å². The lowest BCUT2D eigenvalue weighted by Gasteiger charge is -2.13. The van der Waals surface area contributed by atoms with Crippen LogP contribution in [-0.4, -0.2) is 26.2 Å². The Labute approximate surface area is 127 Å². The Balaban J connectivity index is 1.70. The largest absolute Gasteiger partial charge is 0.454 e. The third-order valence-corrected chi connectivity index (χ3v) is 3.27. The summed E-state index contributed by atoms with van der Waals surface area (Å²) in [5, 5.41) is 10.9. The Morgan fingerprint density at radius 2 is 1.82 bits per heavy atom. The van der Waals surface area contributed by atoms with Crippen LogP contribution in [0.15, 0.2) is 60.9 Å². The van der Waals surface area contributed by atoms with Gasteiger partial charge in [-0.2, -0.15) is 0 Å². The summed E-state index contributed by atoms with van der Waals surface area (Å²) < 4.78 is 6.98. The molecule has 1 aromatic heterocycles. The monoisotopic (exact) mass is 294 g/mol. The van der Waals surface area contributed by atoms with Crippen LogP contribution in [0.4, 0.5) is 0 Å². The van der Waals surface area contributed by atoms with Gasteiger partial charge in [0.15, 0.2) is 0 Å². The van der Waals surface area contributed by atoms with Crippen molar-refractivity contribution in [2.45, 2.75) is 13.0 Å². The van der Waals surface area contributed by atoms with Crippen molar-refractivity contribution in [1.82, 2.24) is 20.2 Å². The first kappa shape index (κ1) is 13.9. The molecule has 0 saturated heterocycles. The fourth-order valence-corrected chi connectivity index (χ4v) is 2.05. The first-order chi connectivity index (χ1) is 10.7. The molecule has 1 heterocycles. The van der Waals surface area contributed by atoms with Crippen molar-refractivity contribution in [3.63, 3.8) is 0 Å². The summed E-state index contributed by atoms with van der Waals surface area (Å²) in [6, 6.07) is 16.5. The van der Waals surface area contributed by atoms with Gasteiger partial charge in [0, 0.05) is 0 Å². The summed E-state index contributed by atoms with van der Waals surface area (Å²) >= 11 is 0. The van der Waals surface area contributed by atoms with E-state index in [0.717, 1.165) is 11.3 Å². The van der Waals surface area contributed by atoms with Crippen molar-refractivity contribution in [1.29, 1.82) is 0 Å². The highest BCUT2D eigenvalue weighted by molar-refractivity contribution is 5.89. The molecule has 0 N–H and O–H groups in total. The lowest BCUT2D eigenvalue weighted by molar-refractivity contribution is 0.0338. The quantitative estimate of drug-likeness (QED) is 0.692. The molecule has 6 nitrogen and oxygen atoms in total. The number of carbonyl (C=O) groups is 1. The third-order valence-electron chi connectivity index (χ3n) is 3.27. The molecule has 0 radical (unpaired) electrons. The van der Waals surface area contributed by atoms with E-state index in [4.69, 9.17) is 4.74 Å². The average molecular weight is 294 g/mol. The van der Waals surface area contributed by atoms with Gasteiger partial charge in [-0.05, 0) is 47.2 Å². The van der Waals surface area contributed by atoms with Crippen LogP contribution >= 0.6 is 0 Å². The van der Waals surface area contributed by atoms with E-state index in [9.17, 15) is 4.79 Å². The summed E-state index contributed by atoms with van der Waals surface area (Å²) in [6.07, 6.45) is 1.19. The molecule has 0 unspecified atom stereocenters. The second-order valence-corrected chi connectivity index (χ2v) is 4.76. The summed E-state index contributed by atoms with van der Waals surface area (Å²) in [4.78, 5) is 12.2.